The maximum Gasteiger partial charge on any atom is 0.123 e. The van der Waals surface area contributed by atoms with Gasteiger partial charge in [0.2, 0.25) is 0 Å². The zero-order chi connectivity index (χ0) is 11.7. The van der Waals surface area contributed by atoms with Crippen LogP contribution in [0.25, 0.3) is 0 Å². The monoisotopic (exact) mass is 245 g/mol. The molecule has 0 saturated heterocycles. The Balaban J connectivity index is 1.80. The molecule has 1 aliphatic carbocycles. The average molecular weight is 245 g/mol. The molecule has 0 saturated carbocycles. The summed E-state index contributed by atoms with van der Waals surface area (Å²) in [5.74, 6) is 1.00. The molecule has 1 atom stereocenters. The Morgan fingerprint density at radius 2 is 2.24 bits per heavy atom. The van der Waals surface area contributed by atoms with E-state index in [0.29, 0.717) is 6.61 Å². The molecule has 1 aromatic heterocycles. The third-order valence-electron chi connectivity index (χ3n) is 3.22. The summed E-state index contributed by atoms with van der Waals surface area (Å²) in [6.07, 6.45) is 2.08. The van der Waals surface area contributed by atoms with Crippen LogP contribution < -0.4 is 10.5 Å². The molecular formula is C14H15NOS. The van der Waals surface area contributed by atoms with Crippen molar-refractivity contribution < 1.29 is 4.74 Å². The highest BCUT2D eigenvalue weighted by Gasteiger charge is 2.21. The molecule has 88 valence electrons. The van der Waals surface area contributed by atoms with E-state index >= 15 is 0 Å². The van der Waals surface area contributed by atoms with E-state index in [0.717, 1.165) is 18.6 Å². The molecule has 0 spiro atoms. The third-order valence-corrected chi connectivity index (χ3v) is 4.07. The number of thiophene rings is 1. The highest BCUT2D eigenvalue weighted by molar-refractivity contribution is 7.09. The van der Waals surface area contributed by atoms with Crippen LogP contribution in [0.2, 0.25) is 0 Å². The van der Waals surface area contributed by atoms with Crippen molar-refractivity contribution in [3.8, 4) is 5.75 Å². The summed E-state index contributed by atoms with van der Waals surface area (Å²) in [6, 6.07) is 10.5. The van der Waals surface area contributed by atoms with Gasteiger partial charge < -0.3 is 10.5 Å². The number of hydrogen-bond donors (Lipinski definition) is 1. The van der Waals surface area contributed by atoms with Crippen LogP contribution in [-0.2, 0) is 13.0 Å². The molecule has 1 heterocycles. The summed E-state index contributed by atoms with van der Waals surface area (Å²) in [5, 5.41) is 2.07. The molecule has 0 aliphatic heterocycles. The van der Waals surface area contributed by atoms with E-state index in [1.807, 2.05) is 12.1 Å². The van der Waals surface area contributed by atoms with Gasteiger partial charge in [0.05, 0.1) is 0 Å². The zero-order valence-electron chi connectivity index (χ0n) is 9.56. The largest absolute Gasteiger partial charge is 0.488 e. The minimum absolute atomic E-state index is 0.190. The normalized spacial score (nSPS) is 18.1. The van der Waals surface area contributed by atoms with E-state index in [4.69, 9.17) is 10.5 Å². The van der Waals surface area contributed by atoms with Crippen molar-refractivity contribution in [3.05, 3.63) is 51.7 Å². The number of hydrogen-bond acceptors (Lipinski definition) is 3. The molecule has 1 unspecified atom stereocenters. The molecule has 0 radical (unpaired) electrons. The Morgan fingerprint density at radius 3 is 3.06 bits per heavy atom. The molecule has 2 N–H and O–H groups in total. The number of rotatable bonds is 3. The highest BCUT2D eigenvalue weighted by atomic mass is 32.1. The van der Waals surface area contributed by atoms with Crippen molar-refractivity contribution in [1.29, 1.82) is 0 Å². The lowest BCUT2D eigenvalue weighted by atomic mass is 10.1. The van der Waals surface area contributed by atoms with Crippen LogP contribution in [0, 0.1) is 0 Å². The Kier molecular flexibility index (Phi) is 2.87. The Morgan fingerprint density at radius 1 is 1.29 bits per heavy atom. The van der Waals surface area contributed by atoms with Crippen molar-refractivity contribution in [2.24, 2.45) is 5.73 Å². The van der Waals surface area contributed by atoms with Gasteiger partial charge in [0, 0.05) is 10.9 Å². The standard InChI is InChI=1S/C14H15NOS/c15-13-7-6-12-11(13)4-1-5-14(12)16-9-10-3-2-8-17-10/h1-5,8,13H,6-7,9,15H2. The van der Waals surface area contributed by atoms with Gasteiger partial charge in [-0.25, -0.2) is 0 Å². The molecule has 0 fully saturated rings. The SMILES string of the molecule is NC1CCc2c(OCc3cccs3)cccc21. The number of benzene rings is 1. The van der Waals surface area contributed by atoms with E-state index in [1.54, 1.807) is 11.3 Å². The van der Waals surface area contributed by atoms with Crippen LogP contribution in [0.3, 0.4) is 0 Å². The molecule has 2 nitrogen and oxygen atoms in total. The molecule has 2 aromatic rings. The first-order chi connectivity index (χ1) is 8.34. The Hall–Kier alpha value is -1.32. The summed E-state index contributed by atoms with van der Waals surface area (Å²) in [6.45, 7) is 0.656. The van der Waals surface area contributed by atoms with E-state index < -0.39 is 0 Å². The fraction of sp³-hybridized carbons (Fsp3) is 0.286. The van der Waals surface area contributed by atoms with Crippen molar-refractivity contribution >= 4 is 11.3 Å². The van der Waals surface area contributed by atoms with E-state index in [-0.39, 0.29) is 6.04 Å². The summed E-state index contributed by atoms with van der Waals surface area (Å²) < 4.78 is 5.90. The molecule has 3 rings (SSSR count). The Labute approximate surface area is 105 Å². The second kappa shape index (κ2) is 4.51. The van der Waals surface area contributed by atoms with Gasteiger partial charge in [-0.1, -0.05) is 18.2 Å². The molecule has 0 amide bonds. The predicted molar refractivity (Wildman–Crippen MR) is 70.3 cm³/mol. The lowest BCUT2D eigenvalue weighted by Gasteiger charge is -2.10. The number of ether oxygens (including phenoxy) is 1. The van der Waals surface area contributed by atoms with Crippen molar-refractivity contribution in [2.75, 3.05) is 0 Å². The predicted octanol–water partition coefficient (Wildman–Crippen LogP) is 3.27. The van der Waals surface area contributed by atoms with Crippen LogP contribution in [0.1, 0.15) is 28.5 Å². The van der Waals surface area contributed by atoms with Gasteiger partial charge in [0.1, 0.15) is 12.4 Å². The highest BCUT2D eigenvalue weighted by Crippen LogP contribution is 2.35. The number of nitrogens with two attached hydrogens (primary N) is 1. The minimum Gasteiger partial charge on any atom is -0.488 e. The Bertz CT molecular complexity index is 507. The zero-order valence-corrected chi connectivity index (χ0v) is 10.4. The molecule has 0 bridgehead atoms. The summed E-state index contributed by atoms with van der Waals surface area (Å²) in [4.78, 5) is 1.25. The van der Waals surface area contributed by atoms with E-state index in [9.17, 15) is 0 Å². The molecule has 1 aliphatic rings. The van der Waals surface area contributed by atoms with Gasteiger partial charge in [-0.2, -0.15) is 0 Å². The van der Waals surface area contributed by atoms with Gasteiger partial charge in [-0.05, 0) is 41.5 Å². The first-order valence-corrected chi connectivity index (χ1v) is 6.75. The minimum atomic E-state index is 0.190. The van der Waals surface area contributed by atoms with Crippen molar-refractivity contribution in [3.63, 3.8) is 0 Å². The first kappa shape index (κ1) is 10.8. The molecule has 3 heteroatoms. The number of fused-ring (bicyclic) bond motifs is 1. The second-order valence-electron chi connectivity index (χ2n) is 4.34. The second-order valence-corrected chi connectivity index (χ2v) is 5.37. The van der Waals surface area contributed by atoms with E-state index in [2.05, 4.69) is 23.6 Å². The van der Waals surface area contributed by atoms with Crippen molar-refractivity contribution in [2.45, 2.75) is 25.5 Å². The lowest BCUT2D eigenvalue weighted by Crippen LogP contribution is -2.05. The van der Waals surface area contributed by atoms with Crippen LogP contribution in [0.5, 0.6) is 5.75 Å². The fourth-order valence-corrected chi connectivity index (χ4v) is 2.95. The smallest absolute Gasteiger partial charge is 0.123 e. The lowest BCUT2D eigenvalue weighted by molar-refractivity contribution is 0.307. The van der Waals surface area contributed by atoms with Crippen LogP contribution in [0.4, 0.5) is 0 Å². The fourth-order valence-electron chi connectivity index (χ4n) is 2.33. The third kappa shape index (κ3) is 2.08. The van der Waals surface area contributed by atoms with Crippen LogP contribution in [0.15, 0.2) is 35.7 Å². The molecule has 1 aromatic carbocycles. The maximum atomic E-state index is 6.05. The first-order valence-electron chi connectivity index (χ1n) is 5.87. The summed E-state index contributed by atoms with van der Waals surface area (Å²) >= 11 is 1.73. The maximum absolute atomic E-state index is 6.05. The molecule has 17 heavy (non-hydrogen) atoms. The van der Waals surface area contributed by atoms with Gasteiger partial charge in [0.15, 0.2) is 0 Å². The summed E-state index contributed by atoms with van der Waals surface area (Å²) in [5.41, 5.74) is 8.61. The van der Waals surface area contributed by atoms with Crippen molar-refractivity contribution in [1.82, 2.24) is 0 Å². The van der Waals surface area contributed by atoms with Gasteiger partial charge in [-0.3, -0.25) is 0 Å². The molecular weight excluding hydrogens is 230 g/mol. The van der Waals surface area contributed by atoms with E-state index in [1.165, 1.54) is 16.0 Å². The average Bonchev–Trinajstić information content (AvgIpc) is 2.97. The van der Waals surface area contributed by atoms with Gasteiger partial charge in [0.25, 0.3) is 0 Å². The quantitative estimate of drug-likeness (QED) is 0.900. The van der Waals surface area contributed by atoms with Gasteiger partial charge in [-0.15, -0.1) is 11.3 Å². The topological polar surface area (TPSA) is 35.2 Å². The van der Waals surface area contributed by atoms with Crippen LogP contribution in [-0.4, -0.2) is 0 Å². The van der Waals surface area contributed by atoms with Gasteiger partial charge >= 0.3 is 0 Å². The summed E-state index contributed by atoms with van der Waals surface area (Å²) in [7, 11) is 0. The van der Waals surface area contributed by atoms with Crippen LogP contribution >= 0.6 is 11.3 Å².